The summed E-state index contributed by atoms with van der Waals surface area (Å²) in [4.78, 5) is 30.6. The number of furan rings is 1. The molecule has 0 unspecified atom stereocenters. The fourth-order valence-corrected chi connectivity index (χ4v) is 3.93. The predicted molar refractivity (Wildman–Crippen MR) is 115 cm³/mol. The summed E-state index contributed by atoms with van der Waals surface area (Å²) in [6.45, 7) is 5.08. The second kappa shape index (κ2) is 9.88. The van der Waals surface area contributed by atoms with Crippen molar-refractivity contribution in [1.29, 1.82) is 0 Å². The van der Waals surface area contributed by atoms with Gasteiger partial charge in [-0.3, -0.25) is 9.59 Å². The lowest BCUT2D eigenvalue weighted by molar-refractivity contribution is 0.0907. The molecule has 0 radical (unpaired) electrons. The molecule has 1 N–H and O–H groups in total. The summed E-state index contributed by atoms with van der Waals surface area (Å²) >= 11 is 7.54. The van der Waals surface area contributed by atoms with Crippen molar-refractivity contribution in [1.82, 2.24) is 9.88 Å². The van der Waals surface area contributed by atoms with Crippen molar-refractivity contribution in [3.63, 3.8) is 0 Å². The van der Waals surface area contributed by atoms with E-state index in [2.05, 4.69) is 10.3 Å². The molecule has 0 spiro atoms. The lowest BCUT2D eigenvalue weighted by Gasteiger charge is -2.05. The number of ether oxygens (including phenoxy) is 1. The normalized spacial score (nSPS) is 11.7. The Labute approximate surface area is 183 Å². The molecule has 3 aromatic rings. The van der Waals surface area contributed by atoms with Crippen LogP contribution in [0.5, 0.6) is 0 Å². The number of rotatable bonds is 7. The molecule has 30 heavy (non-hydrogen) atoms. The van der Waals surface area contributed by atoms with Crippen LogP contribution < -0.4 is 10.1 Å². The first-order chi connectivity index (χ1) is 14.4. The summed E-state index contributed by atoms with van der Waals surface area (Å²) in [5.74, 6) is 0.0879. The van der Waals surface area contributed by atoms with Gasteiger partial charge in [0.1, 0.15) is 5.76 Å². The quantitative estimate of drug-likeness (QED) is 0.561. The van der Waals surface area contributed by atoms with Gasteiger partial charge in [-0.25, -0.2) is 0 Å². The maximum Gasteiger partial charge on any atom is 0.287 e. The number of aryl methyl sites for hydroxylation is 1. The van der Waals surface area contributed by atoms with Crippen molar-refractivity contribution >= 4 is 34.8 Å². The third-order valence-corrected chi connectivity index (χ3v) is 5.91. The highest BCUT2D eigenvalue weighted by Crippen LogP contribution is 2.17. The molecule has 9 heteroatoms. The minimum Gasteiger partial charge on any atom is -0.454 e. The first-order valence-electron chi connectivity index (χ1n) is 9.27. The van der Waals surface area contributed by atoms with Crippen molar-refractivity contribution in [2.24, 2.45) is 4.99 Å². The van der Waals surface area contributed by atoms with Crippen LogP contribution in [0.4, 0.5) is 0 Å². The van der Waals surface area contributed by atoms with Crippen molar-refractivity contribution in [2.45, 2.75) is 20.4 Å². The van der Waals surface area contributed by atoms with Crippen LogP contribution in [0.1, 0.15) is 37.2 Å². The number of nitrogens with zero attached hydrogens (tertiary/aromatic N) is 2. The smallest absolute Gasteiger partial charge is 0.287 e. The highest BCUT2D eigenvalue weighted by molar-refractivity contribution is 7.09. The molecule has 1 aromatic carbocycles. The number of thiazole rings is 1. The number of hydrogen-bond acceptors (Lipinski definition) is 5. The van der Waals surface area contributed by atoms with Gasteiger partial charge in [0, 0.05) is 24.2 Å². The topological polar surface area (TPSA) is 85.8 Å². The summed E-state index contributed by atoms with van der Waals surface area (Å²) in [7, 11) is 1.57. The molecule has 158 valence electrons. The van der Waals surface area contributed by atoms with Crippen LogP contribution in [0.2, 0.25) is 5.02 Å². The number of carbonyl (C=O) groups excluding carboxylic acids is 2. The van der Waals surface area contributed by atoms with Crippen LogP contribution in [0, 0.1) is 13.8 Å². The maximum atomic E-state index is 12.6. The third-order valence-electron chi connectivity index (χ3n) is 4.48. The third kappa shape index (κ3) is 5.08. The number of nitrogens with one attached hydrogen (secondary N) is 1. The van der Waals surface area contributed by atoms with E-state index in [-0.39, 0.29) is 11.7 Å². The Hall–Kier alpha value is -2.68. The second-order valence-electron chi connectivity index (χ2n) is 6.52. The molecule has 0 atom stereocenters. The lowest BCUT2D eigenvalue weighted by atomic mass is 10.2. The number of hydrogen-bond donors (Lipinski definition) is 1. The summed E-state index contributed by atoms with van der Waals surface area (Å²) in [6, 6.07) is 10.2. The predicted octanol–water partition coefficient (Wildman–Crippen LogP) is 3.58. The zero-order valence-electron chi connectivity index (χ0n) is 16.9. The number of carbonyl (C=O) groups is 2. The summed E-state index contributed by atoms with van der Waals surface area (Å²) in [6.07, 6.45) is 0. The minimum atomic E-state index is -0.409. The molecule has 0 aliphatic heterocycles. The molecule has 0 aliphatic rings. The molecular weight excluding hydrogens is 426 g/mol. The Balaban J connectivity index is 1.85. The average molecular weight is 448 g/mol. The van der Waals surface area contributed by atoms with Gasteiger partial charge in [-0.05, 0) is 38.1 Å². The van der Waals surface area contributed by atoms with E-state index in [9.17, 15) is 9.59 Å². The van der Waals surface area contributed by atoms with Gasteiger partial charge in [0.05, 0.1) is 23.7 Å². The SMILES string of the molecule is COCCNC(=O)c1ccc(Cn2c(C)c(C)sc2=NC(=O)c2ccccc2Cl)o1. The van der Waals surface area contributed by atoms with E-state index in [1.54, 1.807) is 43.5 Å². The fraction of sp³-hybridized carbons (Fsp3) is 0.286. The number of halogens is 1. The average Bonchev–Trinajstić information content (AvgIpc) is 3.29. The van der Waals surface area contributed by atoms with Crippen molar-refractivity contribution < 1.29 is 18.7 Å². The minimum absolute atomic E-state index is 0.219. The number of methoxy groups -OCH3 is 1. The Morgan fingerprint density at radius 3 is 2.73 bits per heavy atom. The molecule has 0 aliphatic carbocycles. The van der Waals surface area contributed by atoms with Gasteiger partial charge < -0.3 is 19.0 Å². The summed E-state index contributed by atoms with van der Waals surface area (Å²) < 4.78 is 12.5. The fourth-order valence-electron chi connectivity index (χ4n) is 2.75. The molecule has 0 saturated heterocycles. The van der Waals surface area contributed by atoms with Gasteiger partial charge in [-0.2, -0.15) is 4.99 Å². The summed E-state index contributed by atoms with van der Waals surface area (Å²) in [5.41, 5.74) is 1.32. The molecular formula is C21H22ClN3O4S. The van der Waals surface area contributed by atoms with Gasteiger partial charge in [-0.1, -0.05) is 23.7 Å². The largest absolute Gasteiger partial charge is 0.454 e. The van der Waals surface area contributed by atoms with Gasteiger partial charge in [-0.15, -0.1) is 11.3 Å². The van der Waals surface area contributed by atoms with Gasteiger partial charge >= 0.3 is 0 Å². The number of benzene rings is 1. The van der Waals surface area contributed by atoms with E-state index in [0.29, 0.717) is 40.8 Å². The van der Waals surface area contributed by atoms with Crippen LogP contribution in [0.25, 0.3) is 0 Å². The maximum absolute atomic E-state index is 12.6. The van der Waals surface area contributed by atoms with E-state index < -0.39 is 5.91 Å². The first-order valence-corrected chi connectivity index (χ1v) is 10.5. The Bertz CT molecular complexity index is 1130. The van der Waals surface area contributed by atoms with E-state index in [0.717, 1.165) is 10.6 Å². The Morgan fingerprint density at radius 2 is 2.00 bits per heavy atom. The van der Waals surface area contributed by atoms with Crippen LogP contribution in [0.3, 0.4) is 0 Å². The molecule has 0 bridgehead atoms. The summed E-state index contributed by atoms with van der Waals surface area (Å²) in [5, 5.41) is 3.07. The van der Waals surface area contributed by atoms with Crippen LogP contribution in [-0.4, -0.2) is 36.6 Å². The molecule has 0 fully saturated rings. The Kier molecular flexibility index (Phi) is 7.25. The van der Waals surface area contributed by atoms with E-state index >= 15 is 0 Å². The first kappa shape index (κ1) is 22.0. The molecule has 3 rings (SSSR count). The van der Waals surface area contributed by atoms with Crippen molar-refractivity contribution in [2.75, 3.05) is 20.3 Å². The molecule has 0 saturated carbocycles. The molecule has 2 heterocycles. The Morgan fingerprint density at radius 1 is 1.23 bits per heavy atom. The number of aromatic nitrogens is 1. The molecule has 2 aromatic heterocycles. The van der Waals surface area contributed by atoms with E-state index in [1.165, 1.54) is 11.3 Å². The highest BCUT2D eigenvalue weighted by Gasteiger charge is 2.15. The van der Waals surface area contributed by atoms with Gasteiger partial charge in [0.15, 0.2) is 10.6 Å². The number of amides is 2. The second-order valence-corrected chi connectivity index (χ2v) is 8.11. The standard InChI is InChI=1S/C21H22ClN3O4S/c1-13-14(2)30-21(24-19(26)16-6-4-5-7-17(16)22)25(13)12-15-8-9-18(29-15)20(27)23-10-11-28-3/h4-9H,10-12H2,1-3H3,(H,23,27). The van der Waals surface area contributed by atoms with Gasteiger partial charge in [0.2, 0.25) is 0 Å². The highest BCUT2D eigenvalue weighted by atomic mass is 35.5. The molecule has 7 nitrogen and oxygen atoms in total. The van der Waals surface area contributed by atoms with Gasteiger partial charge in [0.25, 0.3) is 11.8 Å². The van der Waals surface area contributed by atoms with E-state index in [4.69, 9.17) is 20.8 Å². The van der Waals surface area contributed by atoms with Crippen LogP contribution >= 0.6 is 22.9 Å². The lowest BCUT2D eigenvalue weighted by Crippen LogP contribution is -2.26. The van der Waals surface area contributed by atoms with Crippen LogP contribution in [0.15, 0.2) is 45.8 Å². The van der Waals surface area contributed by atoms with Crippen molar-refractivity contribution in [3.05, 3.63) is 73.9 Å². The van der Waals surface area contributed by atoms with Crippen molar-refractivity contribution in [3.8, 4) is 0 Å². The van der Waals surface area contributed by atoms with E-state index in [1.807, 2.05) is 18.4 Å². The molecule has 2 amide bonds. The monoisotopic (exact) mass is 447 g/mol. The van der Waals surface area contributed by atoms with Crippen LogP contribution in [-0.2, 0) is 11.3 Å². The zero-order chi connectivity index (χ0) is 21.7. The zero-order valence-corrected chi connectivity index (χ0v) is 18.5.